The maximum atomic E-state index is 12.5. The van der Waals surface area contributed by atoms with Crippen molar-refractivity contribution in [1.29, 1.82) is 0 Å². The number of rotatable bonds is 3. The number of nitrogens with one attached hydrogen (secondary N) is 1. The number of carbonyl (C=O) groups is 2. The van der Waals surface area contributed by atoms with Gasteiger partial charge in [-0.1, -0.05) is 18.2 Å². The molecule has 5 nitrogen and oxygen atoms in total. The lowest BCUT2D eigenvalue weighted by Gasteiger charge is -2.15. The second-order valence-corrected chi connectivity index (χ2v) is 5.73. The van der Waals surface area contributed by atoms with E-state index in [-0.39, 0.29) is 11.8 Å². The highest BCUT2D eigenvalue weighted by Crippen LogP contribution is 2.21. The number of carbonyl (C=O) groups excluding carboxylic acids is 2. The number of hydrogen-bond acceptors (Lipinski definition) is 2. The number of benzene rings is 2. The van der Waals surface area contributed by atoms with E-state index in [9.17, 15) is 9.59 Å². The monoisotopic (exact) mass is 321 g/mol. The zero-order valence-electron chi connectivity index (χ0n) is 13.9. The number of aromatic nitrogens is 1. The highest BCUT2D eigenvalue weighted by Gasteiger charge is 2.13. The summed E-state index contributed by atoms with van der Waals surface area (Å²) in [4.78, 5) is 25.5. The van der Waals surface area contributed by atoms with Crippen LogP contribution in [0.4, 0.5) is 11.4 Å². The zero-order chi connectivity index (χ0) is 17.3. The summed E-state index contributed by atoms with van der Waals surface area (Å²) < 4.78 is 1.88. The first-order valence-corrected chi connectivity index (χ1v) is 7.67. The SMILES string of the molecule is CC(=O)N(C)c1ccc(NC(=O)c2cc3ccccc3n2C)cc1. The summed E-state index contributed by atoms with van der Waals surface area (Å²) in [5.74, 6) is -0.205. The Balaban J connectivity index is 1.81. The molecule has 2 amide bonds. The molecule has 0 spiro atoms. The topological polar surface area (TPSA) is 54.3 Å². The molecule has 1 N–H and O–H groups in total. The molecule has 0 saturated carbocycles. The van der Waals surface area contributed by atoms with Gasteiger partial charge in [0.05, 0.1) is 0 Å². The van der Waals surface area contributed by atoms with E-state index in [1.54, 1.807) is 36.2 Å². The van der Waals surface area contributed by atoms with Crippen LogP contribution in [-0.4, -0.2) is 23.4 Å². The lowest BCUT2D eigenvalue weighted by molar-refractivity contribution is -0.116. The van der Waals surface area contributed by atoms with Crippen molar-refractivity contribution in [2.24, 2.45) is 7.05 Å². The molecule has 0 saturated heterocycles. The molecule has 1 aromatic heterocycles. The minimum Gasteiger partial charge on any atom is -0.340 e. The van der Waals surface area contributed by atoms with Gasteiger partial charge in [-0.15, -0.1) is 0 Å². The first kappa shape index (κ1) is 15.8. The summed E-state index contributed by atoms with van der Waals surface area (Å²) in [5.41, 5.74) is 3.08. The lowest BCUT2D eigenvalue weighted by Crippen LogP contribution is -2.22. The van der Waals surface area contributed by atoms with Crippen LogP contribution >= 0.6 is 0 Å². The van der Waals surface area contributed by atoms with Gasteiger partial charge >= 0.3 is 0 Å². The van der Waals surface area contributed by atoms with Crippen LogP contribution in [0.1, 0.15) is 17.4 Å². The van der Waals surface area contributed by atoms with Crippen LogP contribution in [-0.2, 0) is 11.8 Å². The van der Waals surface area contributed by atoms with Gasteiger partial charge in [0.2, 0.25) is 5.91 Å². The predicted molar refractivity (Wildman–Crippen MR) is 96.4 cm³/mol. The lowest BCUT2D eigenvalue weighted by atomic mass is 10.2. The van der Waals surface area contributed by atoms with Crippen LogP contribution in [0.15, 0.2) is 54.6 Å². The average Bonchev–Trinajstić information content (AvgIpc) is 2.92. The Morgan fingerprint density at radius 3 is 2.33 bits per heavy atom. The van der Waals surface area contributed by atoms with Crippen molar-refractivity contribution in [1.82, 2.24) is 4.57 Å². The molecular weight excluding hydrogens is 302 g/mol. The quantitative estimate of drug-likeness (QED) is 0.803. The Bertz CT molecular complexity index is 910. The number of para-hydroxylation sites is 1. The van der Waals surface area contributed by atoms with Crippen molar-refractivity contribution in [3.63, 3.8) is 0 Å². The molecular formula is C19H19N3O2. The Kier molecular flexibility index (Phi) is 4.08. The van der Waals surface area contributed by atoms with E-state index in [1.807, 2.05) is 41.9 Å². The first-order chi connectivity index (χ1) is 11.5. The summed E-state index contributed by atoms with van der Waals surface area (Å²) >= 11 is 0. The molecule has 0 aliphatic carbocycles. The molecule has 0 aliphatic heterocycles. The van der Waals surface area contributed by atoms with E-state index in [4.69, 9.17) is 0 Å². The van der Waals surface area contributed by atoms with Gasteiger partial charge in [-0.2, -0.15) is 0 Å². The fourth-order valence-corrected chi connectivity index (χ4v) is 2.65. The summed E-state index contributed by atoms with van der Waals surface area (Å²) in [6, 6.07) is 16.9. The van der Waals surface area contributed by atoms with Crippen LogP contribution in [0, 0.1) is 0 Å². The van der Waals surface area contributed by atoms with Crippen LogP contribution < -0.4 is 10.2 Å². The van der Waals surface area contributed by atoms with E-state index in [0.717, 1.165) is 16.6 Å². The van der Waals surface area contributed by atoms with Crippen LogP contribution in [0.5, 0.6) is 0 Å². The van der Waals surface area contributed by atoms with Crippen molar-refractivity contribution in [3.8, 4) is 0 Å². The third kappa shape index (κ3) is 2.88. The van der Waals surface area contributed by atoms with Gasteiger partial charge in [-0.25, -0.2) is 0 Å². The molecule has 5 heteroatoms. The number of aryl methyl sites for hydroxylation is 1. The molecule has 0 fully saturated rings. The molecule has 24 heavy (non-hydrogen) atoms. The number of nitrogens with zero attached hydrogens (tertiary/aromatic N) is 2. The first-order valence-electron chi connectivity index (χ1n) is 7.67. The summed E-state index contributed by atoms with van der Waals surface area (Å²) in [7, 11) is 3.59. The van der Waals surface area contributed by atoms with Crippen LogP contribution in [0.25, 0.3) is 10.9 Å². The van der Waals surface area contributed by atoms with Gasteiger partial charge in [0.1, 0.15) is 5.69 Å². The second-order valence-electron chi connectivity index (χ2n) is 5.73. The number of anilines is 2. The van der Waals surface area contributed by atoms with E-state index in [1.165, 1.54) is 6.92 Å². The molecule has 0 aliphatic rings. The van der Waals surface area contributed by atoms with Crippen molar-refractivity contribution in [3.05, 3.63) is 60.3 Å². The van der Waals surface area contributed by atoms with E-state index in [2.05, 4.69) is 5.32 Å². The van der Waals surface area contributed by atoms with Gasteiger partial charge in [0, 0.05) is 43.3 Å². The van der Waals surface area contributed by atoms with E-state index >= 15 is 0 Å². The zero-order valence-corrected chi connectivity index (χ0v) is 13.9. The highest BCUT2D eigenvalue weighted by molar-refractivity contribution is 6.06. The maximum absolute atomic E-state index is 12.5. The van der Waals surface area contributed by atoms with Crippen molar-refractivity contribution in [2.45, 2.75) is 6.92 Å². The Labute approximate surface area is 140 Å². The van der Waals surface area contributed by atoms with E-state index in [0.29, 0.717) is 11.4 Å². The third-order valence-corrected chi connectivity index (χ3v) is 4.17. The second kappa shape index (κ2) is 6.20. The molecule has 0 atom stereocenters. The number of fused-ring (bicyclic) bond motifs is 1. The molecule has 3 aromatic rings. The maximum Gasteiger partial charge on any atom is 0.272 e. The minimum atomic E-state index is -0.165. The van der Waals surface area contributed by atoms with Gasteiger partial charge in [-0.05, 0) is 36.4 Å². The Hall–Kier alpha value is -3.08. The van der Waals surface area contributed by atoms with Crippen molar-refractivity contribution < 1.29 is 9.59 Å². The molecule has 3 rings (SSSR count). The van der Waals surface area contributed by atoms with Gasteiger partial charge in [0.25, 0.3) is 5.91 Å². The fraction of sp³-hybridized carbons (Fsp3) is 0.158. The van der Waals surface area contributed by atoms with E-state index < -0.39 is 0 Å². The number of amides is 2. The van der Waals surface area contributed by atoms with Gasteiger partial charge in [-0.3, -0.25) is 9.59 Å². The van der Waals surface area contributed by atoms with Gasteiger partial charge < -0.3 is 14.8 Å². The molecule has 0 bridgehead atoms. The summed E-state index contributed by atoms with van der Waals surface area (Å²) in [6.07, 6.45) is 0. The largest absolute Gasteiger partial charge is 0.340 e. The summed E-state index contributed by atoms with van der Waals surface area (Å²) in [5, 5.41) is 3.92. The predicted octanol–water partition coefficient (Wildman–Crippen LogP) is 3.41. The Morgan fingerprint density at radius 1 is 1.04 bits per heavy atom. The van der Waals surface area contributed by atoms with Crippen LogP contribution in [0.3, 0.4) is 0 Å². The molecule has 0 unspecified atom stereocenters. The minimum absolute atomic E-state index is 0.0396. The molecule has 2 aromatic carbocycles. The molecule has 0 radical (unpaired) electrons. The van der Waals surface area contributed by atoms with Gasteiger partial charge in [0.15, 0.2) is 0 Å². The highest BCUT2D eigenvalue weighted by atomic mass is 16.2. The normalized spacial score (nSPS) is 10.6. The standard InChI is InChI=1S/C19H19N3O2/c1-13(23)21(2)16-10-8-15(9-11-16)20-19(24)18-12-14-6-4-5-7-17(14)22(18)3/h4-12H,1-3H3,(H,20,24). The summed E-state index contributed by atoms with van der Waals surface area (Å²) in [6.45, 7) is 1.51. The van der Waals surface area contributed by atoms with Crippen molar-refractivity contribution in [2.75, 3.05) is 17.3 Å². The average molecular weight is 321 g/mol. The fourth-order valence-electron chi connectivity index (χ4n) is 2.65. The molecule has 1 heterocycles. The number of hydrogen-bond donors (Lipinski definition) is 1. The molecule has 122 valence electrons. The van der Waals surface area contributed by atoms with Crippen LogP contribution in [0.2, 0.25) is 0 Å². The Morgan fingerprint density at radius 2 is 1.71 bits per heavy atom. The van der Waals surface area contributed by atoms with Crippen molar-refractivity contribution >= 4 is 34.1 Å². The smallest absolute Gasteiger partial charge is 0.272 e. The third-order valence-electron chi connectivity index (χ3n) is 4.17.